The molecule has 0 atom stereocenters. The number of amides is 1. The van der Waals surface area contributed by atoms with E-state index in [0.29, 0.717) is 10.5 Å². The quantitative estimate of drug-likeness (QED) is 0.680. The summed E-state index contributed by atoms with van der Waals surface area (Å²) in [7, 11) is 0. The summed E-state index contributed by atoms with van der Waals surface area (Å²) in [5, 5.41) is 2.81. The fraction of sp³-hybridized carbons (Fsp3) is 0.333. The Morgan fingerprint density at radius 3 is 2.42 bits per heavy atom. The molecule has 0 aliphatic carbocycles. The van der Waals surface area contributed by atoms with Crippen LogP contribution in [0.25, 0.3) is 0 Å². The summed E-state index contributed by atoms with van der Waals surface area (Å²) in [6.07, 6.45) is 3.18. The second-order valence-electron chi connectivity index (χ2n) is 5.12. The number of carbonyl (C=O) groups excluding carboxylic acids is 2. The first-order chi connectivity index (χ1) is 8.83. The van der Waals surface area contributed by atoms with Gasteiger partial charge in [0.15, 0.2) is 0 Å². The smallest absolute Gasteiger partial charge is 0.252 e. The largest absolute Gasteiger partial charge is 0.347 e. The number of benzene rings is 1. The van der Waals surface area contributed by atoms with E-state index in [1.807, 2.05) is 26.8 Å². The standard InChI is InChI=1S/C15H19NO2S/c1-5-8-13(17)19-12-10-7-6-9-11(12)14(18)16-15(2,3)4/h5-10H,1-4H3,(H,16,18)/b8-5+. The topological polar surface area (TPSA) is 46.2 Å². The highest BCUT2D eigenvalue weighted by atomic mass is 32.2. The third-order valence-electron chi connectivity index (χ3n) is 2.13. The van der Waals surface area contributed by atoms with Crippen molar-refractivity contribution in [2.24, 2.45) is 0 Å². The molecule has 1 amide bonds. The van der Waals surface area contributed by atoms with Gasteiger partial charge in [0, 0.05) is 10.4 Å². The highest BCUT2D eigenvalue weighted by Gasteiger charge is 2.18. The molecule has 0 saturated heterocycles. The molecule has 0 spiro atoms. The van der Waals surface area contributed by atoms with Crippen LogP contribution < -0.4 is 5.32 Å². The highest BCUT2D eigenvalue weighted by molar-refractivity contribution is 8.14. The number of rotatable bonds is 3. The van der Waals surface area contributed by atoms with Crippen LogP contribution in [-0.2, 0) is 4.79 Å². The molecule has 4 heteroatoms. The first kappa shape index (κ1) is 15.5. The maximum atomic E-state index is 12.2. The summed E-state index contributed by atoms with van der Waals surface area (Å²) in [4.78, 5) is 24.5. The minimum Gasteiger partial charge on any atom is -0.347 e. The van der Waals surface area contributed by atoms with Crippen molar-refractivity contribution in [1.82, 2.24) is 5.32 Å². The molecule has 3 nitrogen and oxygen atoms in total. The van der Waals surface area contributed by atoms with E-state index < -0.39 is 0 Å². The van der Waals surface area contributed by atoms with Gasteiger partial charge in [-0.25, -0.2) is 0 Å². The molecule has 19 heavy (non-hydrogen) atoms. The van der Waals surface area contributed by atoms with Gasteiger partial charge in [0.25, 0.3) is 5.91 Å². The summed E-state index contributed by atoms with van der Waals surface area (Å²) >= 11 is 1.06. The van der Waals surface area contributed by atoms with Crippen LogP contribution in [0.15, 0.2) is 41.3 Å². The molecule has 0 heterocycles. The molecular weight excluding hydrogens is 258 g/mol. The maximum absolute atomic E-state index is 12.2. The molecule has 0 aliphatic rings. The molecule has 0 saturated carbocycles. The normalized spacial score (nSPS) is 11.6. The Kier molecular flexibility index (Phi) is 5.36. The van der Waals surface area contributed by atoms with Crippen molar-refractivity contribution in [3.63, 3.8) is 0 Å². The molecule has 1 aromatic carbocycles. The molecular formula is C15H19NO2S. The minimum absolute atomic E-state index is 0.0847. The van der Waals surface area contributed by atoms with Crippen LogP contribution >= 0.6 is 11.8 Å². The number of nitrogens with one attached hydrogen (secondary N) is 1. The van der Waals surface area contributed by atoms with Crippen molar-refractivity contribution in [3.05, 3.63) is 42.0 Å². The van der Waals surface area contributed by atoms with Crippen LogP contribution in [0.3, 0.4) is 0 Å². The number of hydrogen-bond donors (Lipinski definition) is 1. The summed E-state index contributed by atoms with van der Waals surface area (Å²) in [5.74, 6) is -0.163. The maximum Gasteiger partial charge on any atom is 0.252 e. The van der Waals surface area contributed by atoms with Crippen LogP contribution in [-0.4, -0.2) is 16.6 Å². The first-order valence-corrected chi connectivity index (χ1v) is 6.91. The predicted octanol–water partition coefficient (Wildman–Crippen LogP) is 3.41. The summed E-state index contributed by atoms with van der Waals surface area (Å²) in [6.45, 7) is 7.56. The Balaban J connectivity index is 2.96. The molecule has 0 bridgehead atoms. The Morgan fingerprint density at radius 1 is 1.21 bits per heavy atom. The van der Waals surface area contributed by atoms with Crippen LogP contribution in [0.1, 0.15) is 38.1 Å². The Morgan fingerprint density at radius 2 is 1.84 bits per heavy atom. The Labute approximate surface area is 118 Å². The van der Waals surface area contributed by atoms with Crippen LogP contribution in [0.5, 0.6) is 0 Å². The molecule has 0 aromatic heterocycles. The zero-order valence-corrected chi connectivity index (χ0v) is 12.5. The monoisotopic (exact) mass is 277 g/mol. The molecule has 102 valence electrons. The number of thioether (sulfide) groups is 1. The van der Waals surface area contributed by atoms with Gasteiger partial charge in [-0.1, -0.05) is 18.2 Å². The summed E-state index contributed by atoms with van der Waals surface area (Å²) in [6, 6.07) is 7.12. The number of carbonyl (C=O) groups is 2. The van der Waals surface area contributed by atoms with Crippen molar-refractivity contribution in [1.29, 1.82) is 0 Å². The second kappa shape index (κ2) is 6.57. The lowest BCUT2D eigenvalue weighted by Crippen LogP contribution is -2.40. The van der Waals surface area contributed by atoms with Crippen molar-refractivity contribution >= 4 is 22.8 Å². The van der Waals surface area contributed by atoms with E-state index in [-0.39, 0.29) is 16.6 Å². The lowest BCUT2D eigenvalue weighted by molar-refractivity contribution is -0.107. The first-order valence-electron chi connectivity index (χ1n) is 6.09. The fourth-order valence-corrected chi connectivity index (χ4v) is 2.27. The third kappa shape index (κ3) is 5.30. The molecule has 0 aliphatic heterocycles. The van der Waals surface area contributed by atoms with Crippen molar-refractivity contribution in [2.75, 3.05) is 0 Å². The van der Waals surface area contributed by atoms with Crippen molar-refractivity contribution in [3.8, 4) is 0 Å². The van der Waals surface area contributed by atoms with Crippen LogP contribution in [0.4, 0.5) is 0 Å². The highest BCUT2D eigenvalue weighted by Crippen LogP contribution is 2.24. The van der Waals surface area contributed by atoms with E-state index in [1.165, 1.54) is 6.08 Å². The van der Waals surface area contributed by atoms with Gasteiger partial charge in [-0.15, -0.1) is 0 Å². The van der Waals surface area contributed by atoms with Crippen LogP contribution in [0, 0.1) is 0 Å². The van der Waals surface area contributed by atoms with E-state index in [4.69, 9.17) is 0 Å². The minimum atomic E-state index is -0.303. The Bertz CT molecular complexity index is 501. The average Bonchev–Trinajstić information content (AvgIpc) is 2.27. The van der Waals surface area contributed by atoms with E-state index in [1.54, 1.807) is 31.2 Å². The third-order valence-corrected chi connectivity index (χ3v) is 3.05. The van der Waals surface area contributed by atoms with E-state index in [2.05, 4.69) is 5.32 Å². The van der Waals surface area contributed by atoms with Crippen LogP contribution in [0.2, 0.25) is 0 Å². The number of hydrogen-bond acceptors (Lipinski definition) is 3. The summed E-state index contributed by atoms with van der Waals surface area (Å²) in [5.41, 5.74) is 0.225. The van der Waals surface area contributed by atoms with Gasteiger partial charge in [-0.2, -0.15) is 0 Å². The zero-order valence-electron chi connectivity index (χ0n) is 11.7. The van der Waals surface area contributed by atoms with Gasteiger partial charge in [0.2, 0.25) is 5.12 Å². The van der Waals surface area contributed by atoms with E-state index >= 15 is 0 Å². The molecule has 0 fully saturated rings. The van der Waals surface area contributed by atoms with Crippen molar-refractivity contribution in [2.45, 2.75) is 38.1 Å². The van der Waals surface area contributed by atoms with Gasteiger partial charge in [0.05, 0.1) is 5.56 Å². The van der Waals surface area contributed by atoms with E-state index in [9.17, 15) is 9.59 Å². The molecule has 1 rings (SSSR count). The average molecular weight is 277 g/mol. The van der Waals surface area contributed by atoms with Gasteiger partial charge in [-0.3, -0.25) is 9.59 Å². The van der Waals surface area contributed by atoms with Gasteiger partial charge >= 0.3 is 0 Å². The molecule has 1 aromatic rings. The predicted molar refractivity (Wildman–Crippen MR) is 79.3 cm³/mol. The Hall–Kier alpha value is -1.55. The number of allylic oxidation sites excluding steroid dienone is 1. The SMILES string of the molecule is C/C=C/C(=O)Sc1ccccc1C(=O)NC(C)(C)C. The zero-order chi connectivity index (χ0) is 14.5. The molecule has 1 N–H and O–H groups in total. The van der Waals surface area contributed by atoms with E-state index in [0.717, 1.165) is 11.8 Å². The molecule has 0 radical (unpaired) electrons. The van der Waals surface area contributed by atoms with Crippen molar-refractivity contribution < 1.29 is 9.59 Å². The molecule has 0 unspecified atom stereocenters. The summed E-state index contributed by atoms with van der Waals surface area (Å²) < 4.78 is 0. The van der Waals surface area contributed by atoms with Gasteiger partial charge < -0.3 is 5.32 Å². The lowest BCUT2D eigenvalue weighted by Gasteiger charge is -2.21. The van der Waals surface area contributed by atoms with Gasteiger partial charge in [-0.05, 0) is 57.7 Å². The lowest BCUT2D eigenvalue weighted by atomic mass is 10.1. The second-order valence-corrected chi connectivity index (χ2v) is 6.17. The fourth-order valence-electron chi connectivity index (χ4n) is 1.43. The van der Waals surface area contributed by atoms with Gasteiger partial charge in [0.1, 0.15) is 0 Å².